The van der Waals surface area contributed by atoms with Gasteiger partial charge in [-0.1, -0.05) is 12.1 Å². The van der Waals surface area contributed by atoms with Crippen molar-refractivity contribution < 1.29 is 18.3 Å². The summed E-state index contributed by atoms with van der Waals surface area (Å²) in [5, 5.41) is 0.818. The van der Waals surface area contributed by atoms with Crippen LogP contribution in [0.2, 0.25) is 0 Å². The number of aryl methyl sites for hydroxylation is 2. The maximum atomic E-state index is 15.5. The van der Waals surface area contributed by atoms with Crippen molar-refractivity contribution >= 4 is 22.1 Å². The molecule has 0 bridgehead atoms. The van der Waals surface area contributed by atoms with Crippen molar-refractivity contribution in [3.05, 3.63) is 71.8 Å². The molecule has 0 amide bonds. The number of methoxy groups -OCH3 is 1. The fourth-order valence-corrected chi connectivity index (χ4v) is 5.63. The Morgan fingerprint density at radius 2 is 1.92 bits per heavy atom. The van der Waals surface area contributed by atoms with Crippen LogP contribution in [0.25, 0.3) is 33.3 Å². The van der Waals surface area contributed by atoms with E-state index in [-0.39, 0.29) is 11.5 Å². The first-order valence-electron chi connectivity index (χ1n) is 12.3. The molecule has 5 heterocycles. The summed E-state index contributed by atoms with van der Waals surface area (Å²) in [6, 6.07) is 9.61. The van der Waals surface area contributed by atoms with Crippen LogP contribution in [0.1, 0.15) is 30.1 Å². The van der Waals surface area contributed by atoms with E-state index in [1.807, 2.05) is 41.4 Å². The fraction of sp³-hybridized carbons (Fsp3) is 0.321. The SMILES string of the molecule is COc1ccc2c3ncc(-c4c(C)ncn4C)cc3n(C(c3cccc(F)c3F)C3CCOCC3)c2n1. The minimum Gasteiger partial charge on any atom is -0.481 e. The van der Waals surface area contributed by atoms with E-state index in [1.54, 1.807) is 31.6 Å². The third-order valence-electron chi connectivity index (χ3n) is 7.35. The van der Waals surface area contributed by atoms with Gasteiger partial charge in [-0.25, -0.2) is 13.8 Å². The van der Waals surface area contributed by atoms with Gasteiger partial charge in [0.05, 0.1) is 41.9 Å². The molecule has 0 spiro atoms. The Morgan fingerprint density at radius 3 is 2.65 bits per heavy atom. The van der Waals surface area contributed by atoms with E-state index in [1.165, 1.54) is 0 Å². The van der Waals surface area contributed by atoms with Crippen LogP contribution in [0.4, 0.5) is 8.78 Å². The molecule has 4 aromatic heterocycles. The number of pyridine rings is 2. The van der Waals surface area contributed by atoms with Crippen LogP contribution in [0.5, 0.6) is 5.88 Å². The van der Waals surface area contributed by atoms with Crippen molar-refractivity contribution in [3.63, 3.8) is 0 Å². The zero-order valence-corrected chi connectivity index (χ0v) is 20.9. The van der Waals surface area contributed by atoms with Crippen LogP contribution in [0.15, 0.2) is 48.9 Å². The molecule has 1 aliphatic rings. The topological polar surface area (TPSA) is 67.0 Å². The summed E-state index contributed by atoms with van der Waals surface area (Å²) in [5.74, 6) is -1.28. The number of fused-ring (bicyclic) bond motifs is 3. The smallest absolute Gasteiger partial charge is 0.214 e. The standard InChI is InChI=1S/C28H27F2N5O2/c1-16-26(34(2)15-32-16)18-13-22-25(31-14-18)20-7-8-23(36-3)33-28(20)35(22)27(17-9-11-37-12-10-17)19-5-4-6-21(29)24(19)30/h4-8,13-15,17,27H,9-12H2,1-3H3. The van der Waals surface area contributed by atoms with Gasteiger partial charge in [0.25, 0.3) is 0 Å². The van der Waals surface area contributed by atoms with Crippen molar-refractivity contribution in [1.29, 1.82) is 0 Å². The highest BCUT2D eigenvalue weighted by atomic mass is 19.2. The number of hydrogen-bond acceptors (Lipinski definition) is 5. The first kappa shape index (κ1) is 23.5. The first-order chi connectivity index (χ1) is 18.0. The summed E-state index contributed by atoms with van der Waals surface area (Å²) in [7, 11) is 3.50. The van der Waals surface area contributed by atoms with E-state index in [0.29, 0.717) is 37.6 Å². The maximum Gasteiger partial charge on any atom is 0.214 e. The van der Waals surface area contributed by atoms with Gasteiger partial charge in [-0.2, -0.15) is 4.98 Å². The minimum absolute atomic E-state index is 0.000976. The lowest BCUT2D eigenvalue weighted by Gasteiger charge is -2.33. The second kappa shape index (κ2) is 9.23. The third-order valence-corrected chi connectivity index (χ3v) is 7.35. The number of rotatable bonds is 5. The van der Waals surface area contributed by atoms with Gasteiger partial charge in [-0.15, -0.1) is 0 Å². The highest BCUT2D eigenvalue weighted by molar-refractivity contribution is 6.05. The molecule has 5 aromatic rings. The van der Waals surface area contributed by atoms with Crippen LogP contribution in [-0.4, -0.2) is 44.4 Å². The van der Waals surface area contributed by atoms with Gasteiger partial charge in [0.1, 0.15) is 5.65 Å². The van der Waals surface area contributed by atoms with Gasteiger partial charge >= 0.3 is 0 Å². The van der Waals surface area contributed by atoms with Crippen molar-refractivity contribution in [2.24, 2.45) is 13.0 Å². The lowest BCUT2D eigenvalue weighted by Crippen LogP contribution is -2.28. The van der Waals surface area contributed by atoms with E-state index in [9.17, 15) is 4.39 Å². The van der Waals surface area contributed by atoms with Crippen molar-refractivity contribution in [1.82, 2.24) is 24.1 Å². The number of aromatic nitrogens is 5. The Bertz CT molecular complexity index is 1600. The fourth-order valence-electron chi connectivity index (χ4n) is 5.63. The summed E-state index contributed by atoms with van der Waals surface area (Å²) in [5.41, 5.74) is 5.13. The van der Waals surface area contributed by atoms with Crippen LogP contribution in [0, 0.1) is 24.5 Å². The van der Waals surface area contributed by atoms with Gasteiger partial charge in [0.15, 0.2) is 11.6 Å². The average molecular weight is 504 g/mol. The number of hydrogen-bond donors (Lipinski definition) is 0. The van der Waals surface area contributed by atoms with Gasteiger partial charge in [0.2, 0.25) is 5.88 Å². The van der Waals surface area contributed by atoms with Crippen LogP contribution in [0.3, 0.4) is 0 Å². The normalized spacial score (nSPS) is 15.5. The highest BCUT2D eigenvalue weighted by Crippen LogP contribution is 2.42. The minimum atomic E-state index is -0.870. The van der Waals surface area contributed by atoms with Crippen LogP contribution < -0.4 is 4.74 Å². The van der Waals surface area contributed by atoms with E-state index < -0.39 is 17.7 Å². The lowest BCUT2D eigenvalue weighted by atomic mass is 9.86. The number of nitrogens with zero attached hydrogens (tertiary/aromatic N) is 5. The molecule has 7 nitrogen and oxygen atoms in total. The molecule has 1 saturated heterocycles. The predicted molar refractivity (Wildman–Crippen MR) is 137 cm³/mol. The molecule has 0 radical (unpaired) electrons. The summed E-state index contributed by atoms with van der Waals surface area (Å²) >= 11 is 0. The number of ether oxygens (including phenoxy) is 2. The first-order valence-corrected chi connectivity index (χ1v) is 12.3. The molecule has 0 saturated carbocycles. The Labute approximate surface area is 212 Å². The molecule has 1 aromatic carbocycles. The monoisotopic (exact) mass is 503 g/mol. The number of halogens is 2. The Balaban J connectivity index is 1.70. The van der Waals surface area contributed by atoms with Crippen LogP contribution >= 0.6 is 0 Å². The largest absolute Gasteiger partial charge is 0.481 e. The van der Waals surface area contributed by atoms with E-state index in [4.69, 9.17) is 19.4 Å². The third kappa shape index (κ3) is 3.85. The molecule has 190 valence electrons. The van der Waals surface area contributed by atoms with Crippen molar-refractivity contribution in [2.75, 3.05) is 20.3 Å². The zero-order chi connectivity index (χ0) is 25.7. The maximum absolute atomic E-state index is 15.5. The van der Waals surface area contributed by atoms with Crippen molar-refractivity contribution in [3.8, 4) is 17.1 Å². The number of imidazole rings is 1. The molecular weight excluding hydrogens is 476 g/mol. The Morgan fingerprint density at radius 1 is 1.11 bits per heavy atom. The molecule has 9 heteroatoms. The van der Waals surface area contributed by atoms with Gasteiger partial charge in [0, 0.05) is 49.0 Å². The van der Waals surface area contributed by atoms with Crippen molar-refractivity contribution in [2.45, 2.75) is 25.8 Å². The molecule has 1 aliphatic heterocycles. The summed E-state index contributed by atoms with van der Waals surface area (Å²) in [4.78, 5) is 14.1. The predicted octanol–water partition coefficient (Wildman–Crippen LogP) is 5.60. The molecule has 1 atom stereocenters. The molecule has 6 rings (SSSR count). The van der Waals surface area contributed by atoms with Crippen LogP contribution in [-0.2, 0) is 11.8 Å². The van der Waals surface area contributed by atoms with E-state index >= 15 is 4.39 Å². The number of benzene rings is 1. The van der Waals surface area contributed by atoms with E-state index in [0.717, 1.165) is 39.4 Å². The summed E-state index contributed by atoms with van der Waals surface area (Å²) in [6.45, 7) is 3.07. The molecule has 0 N–H and O–H groups in total. The Hall–Kier alpha value is -3.85. The molecule has 37 heavy (non-hydrogen) atoms. The second-order valence-electron chi connectivity index (χ2n) is 9.51. The summed E-state index contributed by atoms with van der Waals surface area (Å²) in [6.07, 6.45) is 5.01. The summed E-state index contributed by atoms with van der Waals surface area (Å²) < 4.78 is 45.1. The van der Waals surface area contributed by atoms with E-state index in [2.05, 4.69) is 4.98 Å². The zero-order valence-electron chi connectivity index (χ0n) is 20.9. The Kier molecular flexibility index (Phi) is 5.87. The molecule has 1 fully saturated rings. The lowest BCUT2D eigenvalue weighted by molar-refractivity contribution is 0.0547. The van der Waals surface area contributed by atoms with Gasteiger partial charge in [-0.05, 0) is 43.9 Å². The highest BCUT2D eigenvalue weighted by Gasteiger charge is 2.33. The molecule has 0 aliphatic carbocycles. The molecular formula is C28H27F2N5O2. The average Bonchev–Trinajstić information content (AvgIpc) is 3.42. The second-order valence-corrected chi connectivity index (χ2v) is 9.51. The van der Waals surface area contributed by atoms with Gasteiger partial charge < -0.3 is 18.6 Å². The van der Waals surface area contributed by atoms with Gasteiger partial charge in [-0.3, -0.25) is 4.98 Å². The quantitative estimate of drug-likeness (QED) is 0.313. The molecule has 1 unspecified atom stereocenters.